The molecule has 0 unspecified atom stereocenters. The maximum Gasteiger partial charge on any atom is 0.337 e. The molecule has 3 N–H and O–H groups in total. The van der Waals surface area contributed by atoms with E-state index in [2.05, 4.69) is 10.2 Å². The van der Waals surface area contributed by atoms with Gasteiger partial charge in [-0.25, -0.2) is 4.79 Å². The summed E-state index contributed by atoms with van der Waals surface area (Å²) in [6.45, 7) is 0. The molecule has 102 valence electrons. The number of carboxylic acids is 1. The smallest absolute Gasteiger partial charge is 0.337 e. The van der Waals surface area contributed by atoms with Crippen LogP contribution in [-0.2, 0) is 0 Å². The van der Waals surface area contributed by atoms with Crippen molar-refractivity contribution in [3.63, 3.8) is 0 Å². The lowest BCUT2D eigenvalue weighted by atomic mass is 10.1. The Morgan fingerprint density at radius 2 is 2.00 bits per heavy atom. The number of nitrogens with zero attached hydrogens (tertiary/aromatic N) is 3. The number of aromatic carboxylic acids is 1. The van der Waals surface area contributed by atoms with Gasteiger partial charge in [0.05, 0.1) is 29.2 Å². The average Bonchev–Trinajstić information content (AvgIpc) is 2.46. The van der Waals surface area contributed by atoms with Gasteiger partial charge in [-0.3, -0.25) is 4.79 Å². The molecule has 1 heterocycles. The largest absolute Gasteiger partial charge is 0.478 e. The third-order valence-corrected chi connectivity index (χ3v) is 2.75. The third-order valence-electron chi connectivity index (χ3n) is 2.75. The second-order valence-electron chi connectivity index (χ2n) is 4.08. The van der Waals surface area contributed by atoms with Gasteiger partial charge in [0.15, 0.2) is 0 Å². The van der Waals surface area contributed by atoms with Gasteiger partial charge in [0.1, 0.15) is 0 Å². The summed E-state index contributed by atoms with van der Waals surface area (Å²) in [6, 6.07) is 5.84. The second kappa shape index (κ2) is 5.35. The number of nitrogen functional groups attached to an aromatic ring is 1. The van der Waals surface area contributed by atoms with Crippen LogP contribution in [0.25, 0.3) is 0 Å². The molecular formula is C13H12N4O3. The van der Waals surface area contributed by atoms with Crippen LogP contribution in [0.1, 0.15) is 20.7 Å². The first-order valence-corrected chi connectivity index (χ1v) is 5.68. The van der Waals surface area contributed by atoms with E-state index in [9.17, 15) is 14.7 Å². The number of carbonyl (C=O) groups is 2. The molecule has 2 rings (SSSR count). The molecule has 0 radical (unpaired) electrons. The lowest BCUT2D eigenvalue weighted by molar-refractivity contribution is 0.0698. The highest BCUT2D eigenvalue weighted by Crippen LogP contribution is 2.23. The van der Waals surface area contributed by atoms with Crippen molar-refractivity contribution in [2.75, 3.05) is 17.7 Å². The lowest BCUT2D eigenvalue weighted by Gasteiger charge is -2.19. The number of benzene rings is 1. The van der Waals surface area contributed by atoms with E-state index in [0.29, 0.717) is 11.3 Å². The van der Waals surface area contributed by atoms with Crippen molar-refractivity contribution in [3.8, 4) is 0 Å². The number of anilines is 2. The minimum absolute atomic E-state index is 0.0390. The Morgan fingerprint density at radius 1 is 1.25 bits per heavy atom. The highest BCUT2D eigenvalue weighted by Gasteiger charge is 2.19. The molecule has 1 aromatic carbocycles. The molecule has 1 amide bonds. The summed E-state index contributed by atoms with van der Waals surface area (Å²) >= 11 is 0. The van der Waals surface area contributed by atoms with Gasteiger partial charge >= 0.3 is 5.97 Å². The second-order valence-corrected chi connectivity index (χ2v) is 4.08. The quantitative estimate of drug-likeness (QED) is 0.808. The number of hydrogen-bond donors (Lipinski definition) is 2. The van der Waals surface area contributed by atoms with Crippen molar-refractivity contribution in [2.24, 2.45) is 0 Å². The molecular weight excluding hydrogens is 260 g/mol. The van der Waals surface area contributed by atoms with Gasteiger partial charge in [0.2, 0.25) is 0 Å². The first kappa shape index (κ1) is 13.5. The third kappa shape index (κ3) is 2.56. The van der Waals surface area contributed by atoms with Crippen LogP contribution in [0.2, 0.25) is 0 Å². The summed E-state index contributed by atoms with van der Waals surface area (Å²) < 4.78 is 0. The Balaban J connectivity index is 2.41. The number of amides is 1. The fourth-order valence-electron chi connectivity index (χ4n) is 1.74. The van der Waals surface area contributed by atoms with Crippen LogP contribution in [0, 0.1) is 0 Å². The number of nitrogens with two attached hydrogens (primary N) is 1. The summed E-state index contributed by atoms with van der Waals surface area (Å²) in [5.41, 5.74) is 6.42. The predicted molar refractivity (Wildman–Crippen MR) is 72.6 cm³/mol. The molecule has 2 aromatic rings. The van der Waals surface area contributed by atoms with Crippen LogP contribution < -0.4 is 10.6 Å². The first-order chi connectivity index (χ1) is 9.50. The van der Waals surface area contributed by atoms with Crippen LogP contribution in [0.5, 0.6) is 0 Å². The van der Waals surface area contributed by atoms with Crippen LogP contribution >= 0.6 is 0 Å². The van der Waals surface area contributed by atoms with E-state index in [0.717, 1.165) is 0 Å². The van der Waals surface area contributed by atoms with Gasteiger partial charge in [-0.2, -0.15) is 10.2 Å². The molecule has 7 heteroatoms. The van der Waals surface area contributed by atoms with Crippen molar-refractivity contribution in [1.29, 1.82) is 0 Å². The van der Waals surface area contributed by atoms with Gasteiger partial charge < -0.3 is 15.7 Å². The van der Waals surface area contributed by atoms with E-state index in [-0.39, 0.29) is 17.2 Å². The van der Waals surface area contributed by atoms with Crippen LogP contribution in [-0.4, -0.2) is 34.2 Å². The van der Waals surface area contributed by atoms with Crippen LogP contribution in [0.3, 0.4) is 0 Å². The molecule has 0 spiro atoms. The molecule has 0 saturated carbocycles. The summed E-state index contributed by atoms with van der Waals surface area (Å²) in [7, 11) is 1.49. The van der Waals surface area contributed by atoms with Gasteiger partial charge in [0.25, 0.3) is 5.91 Å². The fourth-order valence-corrected chi connectivity index (χ4v) is 1.74. The Labute approximate surface area is 114 Å². The zero-order valence-corrected chi connectivity index (χ0v) is 10.6. The Hall–Kier alpha value is -2.96. The number of carboxylic acid groups (broad SMARTS) is 1. The SMILES string of the molecule is CN(C(=O)c1ccnnc1)c1ccc(N)cc1C(=O)O. The van der Waals surface area contributed by atoms with E-state index in [1.807, 2.05) is 0 Å². The average molecular weight is 272 g/mol. The molecule has 0 aliphatic carbocycles. The van der Waals surface area contributed by atoms with E-state index in [1.54, 1.807) is 0 Å². The topological polar surface area (TPSA) is 109 Å². The Bertz CT molecular complexity index is 658. The minimum Gasteiger partial charge on any atom is -0.478 e. The molecule has 0 saturated heterocycles. The van der Waals surface area contributed by atoms with Crippen molar-refractivity contribution in [2.45, 2.75) is 0 Å². The first-order valence-electron chi connectivity index (χ1n) is 5.68. The molecule has 0 aliphatic rings. The summed E-state index contributed by atoms with van der Waals surface area (Å²) in [5, 5.41) is 16.4. The molecule has 0 atom stereocenters. The number of hydrogen-bond acceptors (Lipinski definition) is 5. The van der Waals surface area contributed by atoms with Gasteiger partial charge in [-0.1, -0.05) is 0 Å². The lowest BCUT2D eigenvalue weighted by Crippen LogP contribution is -2.28. The van der Waals surface area contributed by atoms with E-state index in [1.165, 1.54) is 48.6 Å². The molecule has 0 fully saturated rings. The molecule has 1 aromatic heterocycles. The molecule has 7 nitrogen and oxygen atoms in total. The van der Waals surface area contributed by atoms with Crippen molar-refractivity contribution >= 4 is 23.3 Å². The molecule has 20 heavy (non-hydrogen) atoms. The number of aromatic nitrogens is 2. The van der Waals surface area contributed by atoms with E-state index >= 15 is 0 Å². The number of rotatable bonds is 3. The zero-order chi connectivity index (χ0) is 14.7. The van der Waals surface area contributed by atoms with Crippen LogP contribution in [0.15, 0.2) is 36.7 Å². The van der Waals surface area contributed by atoms with Crippen LogP contribution in [0.4, 0.5) is 11.4 Å². The summed E-state index contributed by atoms with van der Waals surface area (Å²) in [4.78, 5) is 24.7. The summed E-state index contributed by atoms with van der Waals surface area (Å²) in [5.74, 6) is -1.54. The monoisotopic (exact) mass is 272 g/mol. The predicted octanol–water partition coefficient (Wildman–Crippen LogP) is 1.03. The highest BCUT2D eigenvalue weighted by molar-refractivity contribution is 6.09. The number of carbonyl (C=O) groups excluding carboxylic acids is 1. The normalized spacial score (nSPS) is 10.1. The fraction of sp³-hybridized carbons (Fsp3) is 0.0769. The molecule has 0 aliphatic heterocycles. The van der Waals surface area contributed by atoms with Gasteiger partial charge in [-0.05, 0) is 24.3 Å². The maximum atomic E-state index is 12.2. The zero-order valence-electron chi connectivity index (χ0n) is 10.6. The maximum absolute atomic E-state index is 12.2. The Morgan fingerprint density at radius 3 is 2.60 bits per heavy atom. The van der Waals surface area contributed by atoms with Gasteiger partial charge in [-0.15, -0.1) is 0 Å². The standard InChI is InChI=1S/C13H12N4O3/c1-17(12(18)8-4-5-15-16-7-8)11-3-2-9(14)6-10(11)13(19)20/h2-7H,14H2,1H3,(H,19,20). The van der Waals surface area contributed by atoms with Gasteiger partial charge in [0, 0.05) is 12.7 Å². The van der Waals surface area contributed by atoms with E-state index in [4.69, 9.17) is 5.73 Å². The van der Waals surface area contributed by atoms with Crippen molar-refractivity contribution < 1.29 is 14.7 Å². The summed E-state index contributed by atoms with van der Waals surface area (Å²) in [6.07, 6.45) is 2.71. The van der Waals surface area contributed by atoms with E-state index < -0.39 is 5.97 Å². The Kier molecular flexibility index (Phi) is 3.60. The highest BCUT2D eigenvalue weighted by atomic mass is 16.4. The minimum atomic E-state index is -1.15. The van der Waals surface area contributed by atoms with Crippen molar-refractivity contribution in [1.82, 2.24) is 10.2 Å². The molecule has 0 bridgehead atoms. The van der Waals surface area contributed by atoms with Crippen molar-refractivity contribution in [3.05, 3.63) is 47.8 Å².